The summed E-state index contributed by atoms with van der Waals surface area (Å²) in [7, 11) is 4.13. The molecule has 0 fully saturated rings. The van der Waals surface area contributed by atoms with Crippen molar-refractivity contribution in [1.82, 2.24) is 4.90 Å². The van der Waals surface area contributed by atoms with Crippen LogP contribution >= 0.6 is 27.3 Å². The third-order valence-electron chi connectivity index (χ3n) is 1.47. The van der Waals surface area contributed by atoms with E-state index >= 15 is 0 Å². The maximum Gasteiger partial charge on any atom is 0.0330 e. The van der Waals surface area contributed by atoms with E-state index in [0.29, 0.717) is 6.54 Å². The third kappa shape index (κ3) is 2.55. The van der Waals surface area contributed by atoms with Crippen LogP contribution in [0, 0.1) is 0 Å². The summed E-state index contributed by atoms with van der Waals surface area (Å²) >= 11 is 5.25. The molecule has 4 heteroatoms. The molecule has 0 spiro atoms. The molecule has 1 rings (SSSR count). The fourth-order valence-corrected chi connectivity index (χ4v) is 2.88. The molecular weight excluding hydrogens is 236 g/mol. The lowest BCUT2D eigenvalue weighted by Gasteiger charge is -2.05. The summed E-state index contributed by atoms with van der Waals surface area (Å²) in [6, 6.07) is 2.15. The molecule has 1 aromatic rings. The Morgan fingerprint density at radius 1 is 1.58 bits per heavy atom. The highest BCUT2D eigenvalue weighted by molar-refractivity contribution is 9.10. The van der Waals surface area contributed by atoms with Crippen LogP contribution in [0.2, 0.25) is 0 Å². The Bertz CT molecular complexity index is 258. The van der Waals surface area contributed by atoms with Crippen LogP contribution < -0.4 is 5.73 Å². The molecule has 0 aromatic carbocycles. The fourth-order valence-electron chi connectivity index (χ4n) is 0.987. The maximum atomic E-state index is 5.56. The van der Waals surface area contributed by atoms with Crippen molar-refractivity contribution in [2.45, 2.75) is 13.1 Å². The van der Waals surface area contributed by atoms with Gasteiger partial charge in [0.25, 0.3) is 0 Å². The van der Waals surface area contributed by atoms with Gasteiger partial charge in [-0.3, -0.25) is 0 Å². The van der Waals surface area contributed by atoms with Gasteiger partial charge in [0.05, 0.1) is 0 Å². The van der Waals surface area contributed by atoms with Crippen LogP contribution in [0.25, 0.3) is 0 Å². The average Bonchev–Trinajstić information content (AvgIpc) is 2.29. The molecule has 0 unspecified atom stereocenters. The Kier molecular flexibility index (Phi) is 3.71. The summed E-state index contributed by atoms with van der Waals surface area (Å²) in [5.74, 6) is 0. The van der Waals surface area contributed by atoms with Crippen molar-refractivity contribution in [3.05, 3.63) is 20.3 Å². The van der Waals surface area contributed by atoms with Gasteiger partial charge in [0.1, 0.15) is 0 Å². The summed E-state index contributed by atoms with van der Waals surface area (Å²) < 4.78 is 1.15. The van der Waals surface area contributed by atoms with Crippen LogP contribution in [0.1, 0.15) is 9.75 Å². The molecule has 0 aliphatic heterocycles. The van der Waals surface area contributed by atoms with Crippen LogP contribution in [-0.4, -0.2) is 19.0 Å². The highest BCUT2D eigenvalue weighted by Crippen LogP contribution is 2.27. The van der Waals surface area contributed by atoms with E-state index in [-0.39, 0.29) is 0 Å². The Labute approximate surface area is 85.5 Å². The zero-order valence-electron chi connectivity index (χ0n) is 7.30. The Morgan fingerprint density at radius 2 is 2.25 bits per heavy atom. The van der Waals surface area contributed by atoms with E-state index in [0.717, 1.165) is 11.0 Å². The second-order valence-corrected chi connectivity index (χ2v) is 5.00. The second kappa shape index (κ2) is 4.37. The average molecular weight is 249 g/mol. The van der Waals surface area contributed by atoms with Gasteiger partial charge in [-0.15, -0.1) is 11.3 Å². The number of halogens is 1. The molecule has 68 valence electrons. The van der Waals surface area contributed by atoms with Gasteiger partial charge in [-0.2, -0.15) is 0 Å². The molecule has 1 heterocycles. The van der Waals surface area contributed by atoms with E-state index in [1.54, 1.807) is 11.3 Å². The first kappa shape index (κ1) is 10.2. The molecular formula is C8H13BrN2S. The molecule has 0 atom stereocenters. The van der Waals surface area contributed by atoms with Gasteiger partial charge < -0.3 is 10.6 Å². The van der Waals surface area contributed by atoms with Crippen molar-refractivity contribution in [2.24, 2.45) is 5.73 Å². The predicted octanol–water partition coefficient (Wildman–Crippen LogP) is 2.03. The van der Waals surface area contributed by atoms with Gasteiger partial charge in [0.2, 0.25) is 0 Å². The van der Waals surface area contributed by atoms with E-state index in [1.807, 2.05) is 0 Å². The first-order valence-electron chi connectivity index (χ1n) is 3.75. The molecule has 0 aliphatic carbocycles. The first-order valence-corrected chi connectivity index (χ1v) is 5.36. The Balaban J connectivity index is 2.75. The number of hydrogen-bond donors (Lipinski definition) is 1. The van der Waals surface area contributed by atoms with E-state index in [4.69, 9.17) is 5.73 Å². The third-order valence-corrected chi connectivity index (χ3v) is 3.58. The quantitative estimate of drug-likeness (QED) is 0.888. The number of rotatable bonds is 3. The number of nitrogens with two attached hydrogens (primary N) is 1. The molecule has 0 saturated carbocycles. The smallest absolute Gasteiger partial charge is 0.0330 e. The van der Waals surface area contributed by atoms with Crippen molar-refractivity contribution in [3.63, 3.8) is 0 Å². The number of hydrogen-bond acceptors (Lipinski definition) is 3. The van der Waals surface area contributed by atoms with Gasteiger partial charge in [-0.25, -0.2) is 0 Å². The molecule has 1 aromatic heterocycles. The molecule has 2 N–H and O–H groups in total. The summed E-state index contributed by atoms with van der Waals surface area (Å²) in [5.41, 5.74) is 5.56. The lowest BCUT2D eigenvalue weighted by Crippen LogP contribution is -2.09. The van der Waals surface area contributed by atoms with Crippen molar-refractivity contribution < 1.29 is 0 Å². The minimum Gasteiger partial charge on any atom is -0.326 e. The normalized spacial score (nSPS) is 11.1. The first-order chi connectivity index (χ1) is 5.63. The lowest BCUT2D eigenvalue weighted by atomic mass is 10.4. The Morgan fingerprint density at radius 3 is 2.67 bits per heavy atom. The van der Waals surface area contributed by atoms with Gasteiger partial charge in [-0.1, -0.05) is 0 Å². The highest BCUT2D eigenvalue weighted by atomic mass is 79.9. The van der Waals surface area contributed by atoms with E-state index < -0.39 is 0 Å². The van der Waals surface area contributed by atoms with Gasteiger partial charge in [0.15, 0.2) is 0 Å². The molecule has 0 saturated heterocycles. The monoisotopic (exact) mass is 248 g/mol. The van der Waals surface area contributed by atoms with Gasteiger partial charge in [0, 0.05) is 27.3 Å². The molecule has 0 aliphatic rings. The van der Waals surface area contributed by atoms with Crippen LogP contribution in [-0.2, 0) is 13.1 Å². The zero-order chi connectivity index (χ0) is 9.14. The summed E-state index contributed by atoms with van der Waals surface area (Å²) in [5, 5.41) is 0. The SMILES string of the molecule is CN(C)Cc1cc(Br)c(CN)s1. The number of thiophene rings is 1. The fraction of sp³-hybridized carbons (Fsp3) is 0.500. The summed E-state index contributed by atoms with van der Waals surface area (Å²) in [4.78, 5) is 4.73. The number of nitrogens with zero attached hydrogens (tertiary/aromatic N) is 1. The minimum absolute atomic E-state index is 0.624. The predicted molar refractivity (Wildman–Crippen MR) is 57.3 cm³/mol. The largest absolute Gasteiger partial charge is 0.326 e. The topological polar surface area (TPSA) is 29.3 Å². The van der Waals surface area contributed by atoms with Gasteiger partial charge >= 0.3 is 0 Å². The summed E-state index contributed by atoms with van der Waals surface area (Å²) in [6.07, 6.45) is 0. The lowest BCUT2D eigenvalue weighted by molar-refractivity contribution is 0.406. The van der Waals surface area contributed by atoms with Crippen molar-refractivity contribution in [1.29, 1.82) is 0 Å². The highest BCUT2D eigenvalue weighted by Gasteiger charge is 2.05. The van der Waals surface area contributed by atoms with Crippen LogP contribution in [0.4, 0.5) is 0 Å². The molecule has 0 bridgehead atoms. The van der Waals surface area contributed by atoms with E-state index in [2.05, 4.69) is 41.0 Å². The van der Waals surface area contributed by atoms with Crippen molar-refractivity contribution in [3.8, 4) is 0 Å². The zero-order valence-corrected chi connectivity index (χ0v) is 9.70. The van der Waals surface area contributed by atoms with Crippen LogP contribution in [0.5, 0.6) is 0 Å². The van der Waals surface area contributed by atoms with E-state index in [9.17, 15) is 0 Å². The van der Waals surface area contributed by atoms with Gasteiger partial charge in [-0.05, 0) is 36.1 Å². The van der Waals surface area contributed by atoms with Crippen LogP contribution in [0.15, 0.2) is 10.5 Å². The molecule has 2 nitrogen and oxygen atoms in total. The summed E-state index contributed by atoms with van der Waals surface area (Å²) in [6.45, 7) is 1.61. The minimum atomic E-state index is 0.624. The van der Waals surface area contributed by atoms with Crippen LogP contribution in [0.3, 0.4) is 0 Å². The standard InChI is InChI=1S/C8H13BrN2S/c1-11(2)5-6-3-7(9)8(4-10)12-6/h3H,4-5,10H2,1-2H3. The van der Waals surface area contributed by atoms with Crippen molar-refractivity contribution in [2.75, 3.05) is 14.1 Å². The Hall–Kier alpha value is 0.1000. The van der Waals surface area contributed by atoms with Crippen molar-refractivity contribution >= 4 is 27.3 Å². The second-order valence-electron chi connectivity index (χ2n) is 2.93. The molecule has 12 heavy (non-hydrogen) atoms. The molecule has 0 amide bonds. The maximum absolute atomic E-state index is 5.56. The molecule has 0 radical (unpaired) electrons. The van der Waals surface area contributed by atoms with E-state index in [1.165, 1.54) is 9.75 Å².